The van der Waals surface area contributed by atoms with Gasteiger partial charge in [0.05, 0.1) is 28.4 Å². The predicted octanol–water partition coefficient (Wildman–Crippen LogP) is 5.77. The van der Waals surface area contributed by atoms with Gasteiger partial charge in [0.2, 0.25) is 0 Å². The molecule has 0 amide bonds. The van der Waals surface area contributed by atoms with Gasteiger partial charge in [-0.15, -0.1) is 0 Å². The number of piperidine rings is 1. The first-order valence-electron chi connectivity index (χ1n) is 12.6. The highest BCUT2D eigenvalue weighted by Crippen LogP contribution is 2.55. The monoisotopic (exact) mass is 481 g/mol. The molecule has 0 bridgehead atoms. The summed E-state index contributed by atoms with van der Waals surface area (Å²) in [6.07, 6.45) is 3.66. The highest BCUT2D eigenvalue weighted by Gasteiger charge is 2.51. The van der Waals surface area contributed by atoms with Crippen LogP contribution >= 0.6 is 0 Å². The van der Waals surface area contributed by atoms with E-state index in [1.807, 2.05) is 6.07 Å². The molecule has 2 aromatic rings. The van der Waals surface area contributed by atoms with Gasteiger partial charge in [0.15, 0.2) is 23.0 Å². The van der Waals surface area contributed by atoms with Crippen LogP contribution in [0.2, 0.25) is 0 Å². The third kappa shape index (κ3) is 4.37. The van der Waals surface area contributed by atoms with E-state index in [4.69, 9.17) is 18.9 Å². The Hall–Kier alpha value is -2.73. The summed E-state index contributed by atoms with van der Waals surface area (Å²) in [5.41, 5.74) is 3.20. The fourth-order valence-electron chi connectivity index (χ4n) is 6.17. The quantitative estimate of drug-likeness (QED) is 0.477. The minimum atomic E-state index is -0.248. The van der Waals surface area contributed by atoms with Crippen molar-refractivity contribution >= 4 is 5.78 Å². The smallest absolute Gasteiger partial charge is 0.161 e. The van der Waals surface area contributed by atoms with E-state index in [-0.39, 0.29) is 23.4 Å². The lowest BCUT2D eigenvalue weighted by atomic mass is 9.66. The molecule has 35 heavy (non-hydrogen) atoms. The number of unbranched alkanes of at least 4 members (excludes halogenated alkanes) is 1. The highest BCUT2D eigenvalue weighted by molar-refractivity contribution is 5.83. The lowest BCUT2D eigenvalue weighted by Gasteiger charge is -2.56. The average Bonchev–Trinajstić information content (AvgIpc) is 2.86. The average molecular weight is 482 g/mol. The van der Waals surface area contributed by atoms with Crippen molar-refractivity contribution < 1.29 is 23.7 Å². The normalized spacial score (nSPS) is 23.3. The van der Waals surface area contributed by atoms with Crippen LogP contribution in [-0.2, 0) is 4.79 Å². The van der Waals surface area contributed by atoms with Crippen LogP contribution in [-0.4, -0.2) is 51.2 Å². The summed E-state index contributed by atoms with van der Waals surface area (Å²) in [5.74, 6) is 3.30. The fourth-order valence-corrected chi connectivity index (χ4v) is 6.17. The van der Waals surface area contributed by atoms with E-state index >= 15 is 0 Å². The van der Waals surface area contributed by atoms with Crippen LogP contribution in [0.25, 0.3) is 0 Å². The van der Waals surface area contributed by atoms with Crippen molar-refractivity contribution in [2.24, 2.45) is 5.92 Å². The third-order valence-corrected chi connectivity index (χ3v) is 8.00. The number of Topliss-reactive ketones (excluding diaryl/α,β-unsaturated/α-hetero) is 1. The van der Waals surface area contributed by atoms with Crippen LogP contribution in [0.4, 0.5) is 0 Å². The zero-order chi connectivity index (χ0) is 25.3. The summed E-state index contributed by atoms with van der Waals surface area (Å²) in [6.45, 7) is 7.55. The van der Waals surface area contributed by atoms with Crippen molar-refractivity contribution in [1.29, 1.82) is 0 Å². The first-order chi connectivity index (χ1) is 16.8. The van der Waals surface area contributed by atoms with Gasteiger partial charge in [0.25, 0.3) is 0 Å². The van der Waals surface area contributed by atoms with Crippen molar-refractivity contribution in [1.82, 2.24) is 4.90 Å². The van der Waals surface area contributed by atoms with Crippen LogP contribution in [0.1, 0.15) is 75.1 Å². The topological polar surface area (TPSA) is 57.2 Å². The van der Waals surface area contributed by atoms with Gasteiger partial charge in [-0.2, -0.15) is 0 Å². The Kier molecular flexibility index (Phi) is 7.32. The number of hydrogen-bond donors (Lipinski definition) is 0. The van der Waals surface area contributed by atoms with Crippen molar-refractivity contribution in [3.8, 4) is 23.0 Å². The first-order valence-corrected chi connectivity index (χ1v) is 12.6. The van der Waals surface area contributed by atoms with Crippen LogP contribution in [0.5, 0.6) is 23.0 Å². The van der Waals surface area contributed by atoms with Crippen LogP contribution in [0, 0.1) is 5.92 Å². The number of carbonyl (C=O) groups is 1. The number of benzene rings is 2. The van der Waals surface area contributed by atoms with E-state index in [1.54, 1.807) is 28.4 Å². The molecule has 3 unspecified atom stereocenters. The van der Waals surface area contributed by atoms with E-state index in [1.165, 1.54) is 5.56 Å². The maximum absolute atomic E-state index is 13.2. The molecular formula is C29H39NO5. The zero-order valence-corrected chi connectivity index (χ0v) is 22.1. The SMILES string of the molecule is CCCCC1CN2C(CC1=O)c1cc(OC)c(OC)cc1C(c1ccc(OC)c(OC)c1)C2(C)C. The van der Waals surface area contributed by atoms with Gasteiger partial charge < -0.3 is 18.9 Å². The fraction of sp³-hybridized carbons (Fsp3) is 0.552. The Bertz CT molecular complexity index is 1080. The second-order valence-corrected chi connectivity index (χ2v) is 10.2. The molecule has 3 atom stereocenters. The summed E-state index contributed by atoms with van der Waals surface area (Å²) >= 11 is 0. The second kappa shape index (κ2) is 10.1. The summed E-state index contributed by atoms with van der Waals surface area (Å²) in [5, 5.41) is 0. The number of rotatable bonds is 8. The van der Waals surface area contributed by atoms with Gasteiger partial charge in [0, 0.05) is 36.4 Å². The number of nitrogens with zero attached hydrogens (tertiary/aromatic N) is 1. The summed E-state index contributed by atoms with van der Waals surface area (Å²) in [7, 11) is 6.65. The molecule has 0 spiro atoms. The van der Waals surface area contributed by atoms with Gasteiger partial charge in [-0.3, -0.25) is 9.69 Å². The molecule has 2 aromatic carbocycles. The van der Waals surface area contributed by atoms with Gasteiger partial charge in [-0.25, -0.2) is 0 Å². The van der Waals surface area contributed by atoms with E-state index in [0.29, 0.717) is 35.2 Å². The molecule has 6 heteroatoms. The largest absolute Gasteiger partial charge is 0.493 e. The number of hydrogen-bond acceptors (Lipinski definition) is 6. The van der Waals surface area contributed by atoms with E-state index in [0.717, 1.165) is 36.9 Å². The number of methoxy groups -OCH3 is 4. The number of carbonyl (C=O) groups excluding carboxylic acids is 1. The van der Waals surface area contributed by atoms with Crippen molar-refractivity contribution in [2.75, 3.05) is 35.0 Å². The number of ketones is 1. The van der Waals surface area contributed by atoms with Crippen molar-refractivity contribution in [3.63, 3.8) is 0 Å². The standard InChI is InChI=1S/C29H39NO5/c1-8-9-10-19-17-30-22(16-23(19)31)20-14-26(34-6)27(35-7)15-21(20)28(29(30,2)3)18-11-12-24(32-4)25(13-18)33-5/h11-15,19,22,28H,8-10,16-17H2,1-7H3. The van der Waals surface area contributed by atoms with Gasteiger partial charge in [-0.05, 0) is 61.2 Å². The molecule has 2 aliphatic rings. The molecule has 0 aromatic heterocycles. The van der Waals surface area contributed by atoms with E-state index in [9.17, 15) is 4.79 Å². The van der Waals surface area contributed by atoms with E-state index < -0.39 is 0 Å². The third-order valence-electron chi connectivity index (χ3n) is 8.00. The molecule has 0 radical (unpaired) electrons. The Morgan fingerprint density at radius 1 is 0.886 bits per heavy atom. The number of fused-ring (bicyclic) bond motifs is 3. The minimum absolute atomic E-state index is 0.0153. The summed E-state index contributed by atoms with van der Waals surface area (Å²) in [4.78, 5) is 15.8. The van der Waals surface area contributed by atoms with E-state index in [2.05, 4.69) is 49.9 Å². The second-order valence-electron chi connectivity index (χ2n) is 10.2. The molecule has 0 aliphatic carbocycles. The highest BCUT2D eigenvalue weighted by atomic mass is 16.5. The van der Waals surface area contributed by atoms with Crippen molar-refractivity contribution in [2.45, 2.75) is 64.0 Å². The molecule has 0 saturated carbocycles. The van der Waals surface area contributed by atoms with Crippen LogP contribution < -0.4 is 18.9 Å². The zero-order valence-electron chi connectivity index (χ0n) is 22.1. The first kappa shape index (κ1) is 25.4. The summed E-state index contributed by atoms with van der Waals surface area (Å²) < 4.78 is 22.5. The Morgan fingerprint density at radius 3 is 2.09 bits per heavy atom. The van der Waals surface area contributed by atoms with Crippen molar-refractivity contribution in [3.05, 3.63) is 47.0 Å². The number of ether oxygens (including phenoxy) is 4. The maximum Gasteiger partial charge on any atom is 0.161 e. The van der Waals surface area contributed by atoms with Gasteiger partial charge >= 0.3 is 0 Å². The molecule has 0 N–H and O–H groups in total. The van der Waals surface area contributed by atoms with Crippen LogP contribution in [0.3, 0.4) is 0 Å². The summed E-state index contributed by atoms with van der Waals surface area (Å²) in [6, 6.07) is 10.4. The van der Waals surface area contributed by atoms with Crippen LogP contribution in [0.15, 0.2) is 30.3 Å². The lowest BCUT2D eigenvalue weighted by molar-refractivity contribution is -0.132. The minimum Gasteiger partial charge on any atom is -0.493 e. The maximum atomic E-state index is 13.2. The molecule has 2 aliphatic heterocycles. The van der Waals surface area contributed by atoms with Gasteiger partial charge in [-0.1, -0.05) is 25.8 Å². The molecule has 6 nitrogen and oxygen atoms in total. The molecular weight excluding hydrogens is 442 g/mol. The molecule has 190 valence electrons. The lowest BCUT2D eigenvalue weighted by Crippen LogP contribution is -2.58. The Morgan fingerprint density at radius 2 is 1.49 bits per heavy atom. The Labute approximate surface area is 209 Å². The van der Waals surface area contributed by atoms with Gasteiger partial charge in [0.1, 0.15) is 5.78 Å². The molecule has 4 rings (SSSR count). The predicted molar refractivity (Wildman–Crippen MR) is 137 cm³/mol. The Balaban J connectivity index is 1.91. The molecule has 2 heterocycles. The molecule has 1 saturated heterocycles. The molecule has 1 fully saturated rings.